The second kappa shape index (κ2) is 15.2. The number of anilines is 1. The molecule has 0 bridgehead atoms. The molecule has 0 radical (unpaired) electrons. The van der Waals surface area contributed by atoms with Gasteiger partial charge in [-0.1, -0.05) is 89.4 Å². The number of nitrogens with one attached hydrogen (secondary N) is 1. The smallest absolute Gasteiger partial charge is 0.264 e. The average Bonchev–Trinajstić information content (AvgIpc) is 3.00. The minimum Gasteiger partial charge on any atom is -0.352 e. The molecule has 10 heteroatoms. The molecule has 0 aliphatic carbocycles. The number of carbonyl (C=O) groups is 2. The Labute approximate surface area is 282 Å². The van der Waals surface area contributed by atoms with Gasteiger partial charge in [0.05, 0.1) is 10.6 Å². The molecule has 0 saturated carbocycles. The Morgan fingerprint density at radius 2 is 1.52 bits per heavy atom. The summed E-state index contributed by atoms with van der Waals surface area (Å²) in [4.78, 5) is 30.0. The summed E-state index contributed by atoms with van der Waals surface area (Å²) in [7, 11) is -4.21. The first-order valence-electron chi connectivity index (χ1n) is 15.0. The van der Waals surface area contributed by atoms with Crippen molar-refractivity contribution in [3.05, 3.63) is 129 Å². The van der Waals surface area contributed by atoms with E-state index in [0.29, 0.717) is 21.3 Å². The van der Waals surface area contributed by atoms with Crippen LogP contribution in [0, 0.1) is 20.8 Å². The quantitative estimate of drug-likeness (QED) is 0.171. The highest BCUT2D eigenvalue weighted by molar-refractivity contribution is 7.92. The van der Waals surface area contributed by atoms with E-state index in [1.165, 1.54) is 17.0 Å². The van der Waals surface area contributed by atoms with E-state index in [1.807, 2.05) is 71.0 Å². The van der Waals surface area contributed by atoms with Gasteiger partial charge in [-0.15, -0.1) is 0 Å². The largest absolute Gasteiger partial charge is 0.352 e. The summed E-state index contributed by atoms with van der Waals surface area (Å²) < 4.78 is 29.7. The second-order valence-corrected chi connectivity index (χ2v) is 14.4. The van der Waals surface area contributed by atoms with E-state index in [0.717, 1.165) is 26.6 Å². The second-order valence-electron chi connectivity index (χ2n) is 11.7. The van der Waals surface area contributed by atoms with Crippen LogP contribution in [0.15, 0.2) is 95.9 Å². The molecule has 2 amide bonds. The molecular formula is C36H39Cl2N3O4S. The lowest BCUT2D eigenvalue weighted by atomic mass is 10.0. The fourth-order valence-corrected chi connectivity index (χ4v) is 7.06. The normalized spacial score (nSPS) is 12.1. The van der Waals surface area contributed by atoms with Crippen molar-refractivity contribution in [1.82, 2.24) is 10.2 Å². The van der Waals surface area contributed by atoms with Crippen molar-refractivity contribution in [2.75, 3.05) is 10.8 Å². The zero-order chi connectivity index (χ0) is 33.6. The Hall–Kier alpha value is -3.85. The lowest BCUT2D eigenvalue weighted by molar-refractivity contribution is -0.140. The SMILES string of the molecule is Cc1ccc(S(=O)(=O)N(CC(=O)N(Cc2ccc(Cl)cc2Cl)[C@@H](Cc2ccccc2)C(=O)NC(C)C)c2cccc(C)c2C)cc1. The minimum absolute atomic E-state index is 0.0525. The highest BCUT2D eigenvalue weighted by Gasteiger charge is 2.35. The van der Waals surface area contributed by atoms with E-state index in [9.17, 15) is 18.0 Å². The molecule has 4 rings (SSSR count). The van der Waals surface area contributed by atoms with Gasteiger partial charge in [0.2, 0.25) is 11.8 Å². The number of hydrogen-bond acceptors (Lipinski definition) is 4. The van der Waals surface area contributed by atoms with Gasteiger partial charge in [0, 0.05) is 29.1 Å². The van der Waals surface area contributed by atoms with Gasteiger partial charge in [0.15, 0.2) is 0 Å². The fourth-order valence-electron chi connectivity index (χ4n) is 5.12. The molecule has 0 fully saturated rings. The maximum atomic E-state index is 14.6. The van der Waals surface area contributed by atoms with Crippen molar-refractivity contribution in [2.24, 2.45) is 0 Å². The van der Waals surface area contributed by atoms with Crippen molar-refractivity contribution in [3.63, 3.8) is 0 Å². The molecule has 46 heavy (non-hydrogen) atoms. The molecule has 0 unspecified atom stereocenters. The summed E-state index contributed by atoms with van der Waals surface area (Å²) in [6.07, 6.45) is 0.199. The average molecular weight is 681 g/mol. The maximum absolute atomic E-state index is 14.6. The third-order valence-electron chi connectivity index (χ3n) is 7.79. The molecule has 0 aliphatic heterocycles. The van der Waals surface area contributed by atoms with Gasteiger partial charge in [-0.3, -0.25) is 13.9 Å². The van der Waals surface area contributed by atoms with Gasteiger partial charge >= 0.3 is 0 Å². The highest BCUT2D eigenvalue weighted by atomic mass is 35.5. The lowest BCUT2D eigenvalue weighted by Gasteiger charge is -2.34. The topological polar surface area (TPSA) is 86.8 Å². The van der Waals surface area contributed by atoms with Crippen LogP contribution in [-0.4, -0.2) is 43.8 Å². The van der Waals surface area contributed by atoms with Crippen molar-refractivity contribution in [2.45, 2.75) is 64.6 Å². The van der Waals surface area contributed by atoms with Crippen LogP contribution in [0.25, 0.3) is 0 Å². The number of carbonyl (C=O) groups excluding carboxylic acids is 2. The predicted molar refractivity (Wildman–Crippen MR) is 186 cm³/mol. The number of aryl methyl sites for hydroxylation is 2. The van der Waals surface area contributed by atoms with E-state index in [4.69, 9.17) is 23.2 Å². The Morgan fingerprint density at radius 3 is 2.15 bits per heavy atom. The van der Waals surface area contributed by atoms with Crippen molar-refractivity contribution in [3.8, 4) is 0 Å². The van der Waals surface area contributed by atoms with E-state index in [2.05, 4.69) is 5.32 Å². The summed E-state index contributed by atoms with van der Waals surface area (Å²) in [6.45, 7) is 8.67. The zero-order valence-electron chi connectivity index (χ0n) is 26.6. The van der Waals surface area contributed by atoms with Crippen LogP contribution in [-0.2, 0) is 32.6 Å². The van der Waals surface area contributed by atoms with E-state index < -0.39 is 28.5 Å². The number of hydrogen-bond donors (Lipinski definition) is 1. The number of sulfonamides is 1. The summed E-state index contributed by atoms with van der Waals surface area (Å²) in [6, 6.07) is 25.0. The number of nitrogens with zero attached hydrogens (tertiary/aromatic N) is 2. The van der Waals surface area contributed by atoms with Crippen LogP contribution in [0.2, 0.25) is 10.0 Å². The van der Waals surface area contributed by atoms with Crippen LogP contribution in [0.3, 0.4) is 0 Å². The zero-order valence-corrected chi connectivity index (χ0v) is 29.0. The van der Waals surface area contributed by atoms with Gasteiger partial charge in [-0.25, -0.2) is 8.42 Å². The summed E-state index contributed by atoms with van der Waals surface area (Å²) in [5, 5.41) is 3.70. The van der Waals surface area contributed by atoms with Crippen molar-refractivity contribution in [1.29, 1.82) is 0 Å². The molecule has 242 valence electrons. The molecule has 7 nitrogen and oxygen atoms in total. The first-order valence-corrected chi connectivity index (χ1v) is 17.2. The monoisotopic (exact) mass is 679 g/mol. The molecule has 0 aromatic heterocycles. The number of rotatable bonds is 12. The Bertz CT molecular complexity index is 1800. The highest BCUT2D eigenvalue weighted by Crippen LogP contribution is 2.30. The van der Waals surface area contributed by atoms with Crippen LogP contribution in [0.4, 0.5) is 5.69 Å². The summed E-state index contributed by atoms with van der Waals surface area (Å²) in [5.74, 6) is -0.931. The summed E-state index contributed by atoms with van der Waals surface area (Å²) in [5.41, 5.74) is 4.28. The third-order valence-corrected chi connectivity index (χ3v) is 10.2. The summed E-state index contributed by atoms with van der Waals surface area (Å²) >= 11 is 12.8. The Balaban J connectivity index is 1.86. The van der Waals surface area contributed by atoms with Gasteiger partial charge in [0.25, 0.3) is 10.0 Å². The first-order chi connectivity index (χ1) is 21.8. The molecule has 0 aliphatic rings. The van der Waals surface area contributed by atoms with Crippen molar-refractivity contribution < 1.29 is 18.0 Å². The van der Waals surface area contributed by atoms with E-state index in [-0.39, 0.29) is 29.8 Å². The molecular weight excluding hydrogens is 641 g/mol. The number of benzene rings is 4. The lowest BCUT2D eigenvalue weighted by Crippen LogP contribution is -2.54. The molecule has 1 N–H and O–H groups in total. The Morgan fingerprint density at radius 1 is 0.848 bits per heavy atom. The van der Waals surface area contributed by atoms with Crippen molar-refractivity contribution >= 4 is 50.7 Å². The number of halogens is 2. The predicted octanol–water partition coefficient (Wildman–Crippen LogP) is 7.28. The minimum atomic E-state index is -4.21. The van der Waals surface area contributed by atoms with Gasteiger partial charge in [0.1, 0.15) is 12.6 Å². The Kier molecular flexibility index (Phi) is 11.5. The van der Waals surface area contributed by atoms with Crippen LogP contribution in [0.1, 0.15) is 41.7 Å². The van der Waals surface area contributed by atoms with Crippen LogP contribution >= 0.6 is 23.2 Å². The van der Waals surface area contributed by atoms with E-state index >= 15 is 0 Å². The van der Waals surface area contributed by atoms with Gasteiger partial charge in [-0.05, 0) is 87.2 Å². The molecule has 4 aromatic carbocycles. The molecule has 0 heterocycles. The van der Waals surface area contributed by atoms with Crippen LogP contribution in [0.5, 0.6) is 0 Å². The molecule has 0 spiro atoms. The maximum Gasteiger partial charge on any atom is 0.264 e. The molecule has 0 saturated heterocycles. The van der Waals surface area contributed by atoms with Crippen LogP contribution < -0.4 is 9.62 Å². The fraction of sp³-hybridized carbons (Fsp3) is 0.278. The third kappa shape index (κ3) is 8.49. The molecule has 4 aromatic rings. The first kappa shape index (κ1) is 35.0. The van der Waals surface area contributed by atoms with Gasteiger partial charge < -0.3 is 10.2 Å². The molecule has 1 atom stereocenters. The van der Waals surface area contributed by atoms with Gasteiger partial charge in [-0.2, -0.15) is 0 Å². The van der Waals surface area contributed by atoms with E-state index in [1.54, 1.807) is 42.5 Å². The standard InChI is InChI=1S/C36H39Cl2N3O4S/c1-24(2)39-36(43)34(20-28-11-7-6-8-12-28)40(22-29-16-17-30(37)21-32(29)38)35(42)23-41(33-13-9-10-26(4)27(33)5)46(44,45)31-18-14-25(3)15-19-31/h6-19,21,24,34H,20,22-23H2,1-5H3,(H,39,43)/t34-/m0/s1. The number of amides is 2.